The summed E-state index contributed by atoms with van der Waals surface area (Å²) in [7, 11) is 0. The molecule has 16 heavy (non-hydrogen) atoms. The van der Waals surface area contributed by atoms with Gasteiger partial charge in [0, 0.05) is 6.54 Å². The topological polar surface area (TPSA) is 49.8 Å². The molecule has 0 unspecified atom stereocenters. The standard InChI is InChI=1S/C12H21NO3/c1-12(2,3)16-11(15)13-6-8-4-5-9(8)10(13)7-14/h8-10,14H,4-7H2,1-3H3/t8-,9-,10+/m1/s1. The number of carbonyl (C=O) groups is 1. The summed E-state index contributed by atoms with van der Waals surface area (Å²) in [6.45, 7) is 6.40. The van der Waals surface area contributed by atoms with Crippen molar-refractivity contribution < 1.29 is 14.6 Å². The number of likely N-dealkylation sites (tertiary alicyclic amines) is 1. The van der Waals surface area contributed by atoms with Crippen molar-refractivity contribution in [3.8, 4) is 0 Å². The Labute approximate surface area is 96.6 Å². The van der Waals surface area contributed by atoms with Gasteiger partial charge in [-0.2, -0.15) is 0 Å². The molecule has 2 aliphatic rings. The number of hydrogen-bond donors (Lipinski definition) is 1. The minimum absolute atomic E-state index is 0.0198. The Morgan fingerprint density at radius 1 is 1.44 bits per heavy atom. The number of nitrogens with zero attached hydrogens (tertiary/aromatic N) is 1. The predicted octanol–water partition coefficient (Wildman–Crippen LogP) is 1.62. The van der Waals surface area contributed by atoms with E-state index in [4.69, 9.17) is 4.74 Å². The number of amides is 1. The van der Waals surface area contributed by atoms with Gasteiger partial charge in [0.05, 0.1) is 12.6 Å². The number of rotatable bonds is 1. The summed E-state index contributed by atoms with van der Waals surface area (Å²) < 4.78 is 5.35. The first-order valence-corrected chi connectivity index (χ1v) is 6.03. The molecule has 1 aliphatic carbocycles. The van der Waals surface area contributed by atoms with Gasteiger partial charge in [-0.1, -0.05) is 0 Å². The van der Waals surface area contributed by atoms with Gasteiger partial charge in [-0.15, -0.1) is 0 Å². The average molecular weight is 227 g/mol. The molecule has 0 aromatic carbocycles. The molecule has 1 N–H and O–H groups in total. The first-order chi connectivity index (χ1) is 7.42. The molecule has 1 amide bonds. The van der Waals surface area contributed by atoms with Gasteiger partial charge in [-0.3, -0.25) is 0 Å². The summed E-state index contributed by atoms with van der Waals surface area (Å²) in [6.07, 6.45) is 2.04. The maximum absolute atomic E-state index is 11.9. The molecule has 2 rings (SSSR count). The lowest BCUT2D eigenvalue weighted by molar-refractivity contribution is 0.0143. The van der Waals surface area contributed by atoms with Crippen molar-refractivity contribution in [1.29, 1.82) is 0 Å². The molecule has 1 aliphatic heterocycles. The van der Waals surface area contributed by atoms with Crippen molar-refractivity contribution in [2.75, 3.05) is 13.2 Å². The SMILES string of the molecule is CC(C)(C)OC(=O)N1C[C@H]2CC[C@H]2[C@@H]1CO. The lowest BCUT2D eigenvalue weighted by Crippen LogP contribution is -2.43. The van der Waals surface area contributed by atoms with E-state index in [9.17, 15) is 9.90 Å². The Balaban J connectivity index is 2.00. The fourth-order valence-electron chi connectivity index (χ4n) is 2.71. The number of carbonyl (C=O) groups excluding carboxylic acids is 1. The number of aliphatic hydroxyl groups is 1. The maximum Gasteiger partial charge on any atom is 0.410 e. The summed E-state index contributed by atoms with van der Waals surface area (Å²) in [5.74, 6) is 1.09. The lowest BCUT2D eigenvalue weighted by atomic mass is 9.73. The lowest BCUT2D eigenvalue weighted by Gasteiger charge is -2.32. The molecule has 4 nitrogen and oxygen atoms in total. The third kappa shape index (κ3) is 2.03. The van der Waals surface area contributed by atoms with Crippen LogP contribution in [0.25, 0.3) is 0 Å². The minimum atomic E-state index is -0.460. The Bertz CT molecular complexity index is 284. The molecule has 92 valence electrons. The van der Waals surface area contributed by atoms with Crippen LogP contribution in [0.5, 0.6) is 0 Å². The maximum atomic E-state index is 11.9. The normalized spacial score (nSPS) is 33.2. The molecular formula is C12H21NO3. The van der Waals surface area contributed by atoms with Crippen molar-refractivity contribution in [2.24, 2.45) is 11.8 Å². The van der Waals surface area contributed by atoms with Crippen LogP contribution < -0.4 is 0 Å². The van der Waals surface area contributed by atoms with Gasteiger partial charge in [0.15, 0.2) is 0 Å². The summed E-state index contributed by atoms with van der Waals surface area (Å²) in [6, 6.07) is -0.0198. The van der Waals surface area contributed by atoms with Crippen molar-refractivity contribution >= 4 is 6.09 Å². The fourth-order valence-corrected chi connectivity index (χ4v) is 2.71. The van der Waals surface area contributed by atoms with Crippen LogP contribution in [-0.4, -0.2) is 40.9 Å². The van der Waals surface area contributed by atoms with Gasteiger partial charge >= 0.3 is 6.09 Å². The van der Waals surface area contributed by atoms with Gasteiger partial charge in [0.2, 0.25) is 0 Å². The Morgan fingerprint density at radius 3 is 2.56 bits per heavy atom. The molecule has 0 bridgehead atoms. The molecule has 0 aromatic heterocycles. The average Bonchev–Trinajstić information content (AvgIpc) is 2.35. The molecular weight excluding hydrogens is 206 g/mol. The van der Waals surface area contributed by atoms with Crippen LogP contribution in [0.3, 0.4) is 0 Å². The minimum Gasteiger partial charge on any atom is -0.444 e. The quantitative estimate of drug-likeness (QED) is 0.740. The highest BCUT2D eigenvalue weighted by Crippen LogP contribution is 2.44. The van der Waals surface area contributed by atoms with Crippen molar-refractivity contribution in [2.45, 2.75) is 45.3 Å². The molecule has 1 saturated heterocycles. The molecule has 1 saturated carbocycles. The van der Waals surface area contributed by atoms with E-state index in [1.165, 1.54) is 6.42 Å². The van der Waals surface area contributed by atoms with E-state index in [1.807, 2.05) is 20.8 Å². The third-order valence-corrected chi connectivity index (χ3v) is 3.62. The van der Waals surface area contributed by atoms with Crippen LogP contribution in [0.15, 0.2) is 0 Å². The Morgan fingerprint density at radius 2 is 2.12 bits per heavy atom. The summed E-state index contributed by atoms with van der Waals surface area (Å²) >= 11 is 0. The molecule has 0 aromatic rings. The third-order valence-electron chi connectivity index (χ3n) is 3.62. The van der Waals surface area contributed by atoms with E-state index in [0.717, 1.165) is 13.0 Å². The van der Waals surface area contributed by atoms with E-state index in [0.29, 0.717) is 11.8 Å². The van der Waals surface area contributed by atoms with E-state index >= 15 is 0 Å². The van der Waals surface area contributed by atoms with Gasteiger partial charge in [-0.25, -0.2) is 4.79 Å². The van der Waals surface area contributed by atoms with Crippen LogP contribution in [0.4, 0.5) is 4.79 Å². The first kappa shape index (κ1) is 11.7. The van der Waals surface area contributed by atoms with Crippen LogP contribution in [-0.2, 0) is 4.74 Å². The van der Waals surface area contributed by atoms with E-state index in [-0.39, 0.29) is 18.7 Å². The van der Waals surface area contributed by atoms with E-state index in [2.05, 4.69) is 0 Å². The molecule has 2 fully saturated rings. The van der Waals surface area contributed by atoms with Gasteiger partial charge in [0.25, 0.3) is 0 Å². The van der Waals surface area contributed by atoms with Gasteiger partial charge in [0.1, 0.15) is 5.60 Å². The smallest absolute Gasteiger partial charge is 0.410 e. The number of ether oxygens (including phenoxy) is 1. The summed E-state index contributed by atoms with van der Waals surface area (Å²) in [4.78, 5) is 13.7. The summed E-state index contributed by atoms with van der Waals surface area (Å²) in [5, 5.41) is 9.36. The number of fused-ring (bicyclic) bond motifs is 1. The second kappa shape index (κ2) is 3.91. The zero-order chi connectivity index (χ0) is 11.9. The number of aliphatic hydroxyl groups excluding tert-OH is 1. The first-order valence-electron chi connectivity index (χ1n) is 6.03. The summed E-state index contributed by atoms with van der Waals surface area (Å²) in [5.41, 5.74) is -0.460. The highest BCUT2D eigenvalue weighted by atomic mass is 16.6. The van der Waals surface area contributed by atoms with Crippen LogP contribution in [0.1, 0.15) is 33.6 Å². The largest absolute Gasteiger partial charge is 0.444 e. The van der Waals surface area contributed by atoms with Gasteiger partial charge in [-0.05, 0) is 45.4 Å². The highest BCUT2D eigenvalue weighted by molar-refractivity contribution is 5.69. The van der Waals surface area contributed by atoms with Crippen LogP contribution in [0.2, 0.25) is 0 Å². The molecule has 4 heteroatoms. The van der Waals surface area contributed by atoms with Crippen molar-refractivity contribution in [1.82, 2.24) is 4.90 Å². The molecule has 3 atom stereocenters. The number of hydrogen-bond acceptors (Lipinski definition) is 3. The monoisotopic (exact) mass is 227 g/mol. The van der Waals surface area contributed by atoms with Crippen LogP contribution in [0, 0.1) is 11.8 Å². The zero-order valence-corrected chi connectivity index (χ0v) is 10.3. The fraction of sp³-hybridized carbons (Fsp3) is 0.917. The predicted molar refractivity (Wildman–Crippen MR) is 60.0 cm³/mol. The van der Waals surface area contributed by atoms with Crippen molar-refractivity contribution in [3.05, 3.63) is 0 Å². The molecule has 1 heterocycles. The molecule has 0 radical (unpaired) electrons. The van der Waals surface area contributed by atoms with Gasteiger partial charge < -0.3 is 14.7 Å². The van der Waals surface area contributed by atoms with E-state index in [1.54, 1.807) is 4.90 Å². The second-order valence-corrected chi connectivity index (χ2v) is 5.88. The van der Waals surface area contributed by atoms with E-state index < -0.39 is 5.60 Å². The second-order valence-electron chi connectivity index (χ2n) is 5.88. The Hall–Kier alpha value is -0.770. The zero-order valence-electron chi connectivity index (χ0n) is 10.3. The molecule has 0 spiro atoms. The van der Waals surface area contributed by atoms with Crippen LogP contribution >= 0.6 is 0 Å². The Kier molecular flexibility index (Phi) is 2.86. The highest BCUT2D eigenvalue weighted by Gasteiger charge is 2.49. The van der Waals surface area contributed by atoms with Crippen molar-refractivity contribution in [3.63, 3.8) is 0 Å².